The zero-order valence-corrected chi connectivity index (χ0v) is 11.6. The first-order valence-electron chi connectivity index (χ1n) is 5.72. The smallest absolute Gasteiger partial charge is 0.263 e. The third-order valence-electron chi connectivity index (χ3n) is 2.58. The fourth-order valence-electron chi connectivity index (χ4n) is 1.59. The van der Waals surface area contributed by atoms with E-state index >= 15 is 0 Å². The zero-order chi connectivity index (χ0) is 14.7. The quantitative estimate of drug-likeness (QED) is 0.906. The van der Waals surface area contributed by atoms with Gasteiger partial charge in [0.1, 0.15) is 17.1 Å². The minimum atomic E-state index is -0.556. The molecule has 7 heteroatoms. The minimum Gasteiger partial charge on any atom is -0.495 e. The second kappa shape index (κ2) is 5.75. The van der Waals surface area contributed by atoms with Crippen LogP contribution in [0.1, 0.15) is 16.2 Å². The van der Waals surface area contributed by atoms with Crippen LogP contribution in [-0.2, 0) is 0 Å². The van der Waals surface area contributed by atoms with Crippen molar-refractivity contribution in [3.05, 3.63) is 51.2 Å². The number of benzene rings is 1. The third-order valence-corrected chi connectivity index (χ3v) is 2.88. The number of hydrogen-bond donors (Lipinski definition) is 2. The van der Waals surface area contributed by atoms with Crippen LogP contribution in [0.4, 0.5) is 5.69 Å². The summed E-state index contributed by atoms with van der Waals surface area (Å²) in [6.07, 6.45) is 1.23. The Hall–Kier alpha value is -2.34. The molecular formula is C13H12ClN3O3. The van der Waals surface area contributed by atoms with Crippen molar-refractivity contribution in [3.8, 4) is 5.75 Å². The van der Waals surface area contributed by atoms with Crippen LogP contribution in [0.2, 0.25) is 5.02 Å². The van der Waals surface area contributed by atoms with Crippen molar-refractivity contribution in [2.75, 3.05) is 12.4 Å². The van der Waals surface area contributed by atoms with E-state index in [4.69, 9.17) is 16.3 Å². The molecule has 20 heavy (non-hydrogen) atoms. The maximum Gasteiger partial charge on any atom is 0.263 e. The molecule has 1 aromatic carbocycles. The van der Waals surface area contributed by atoms with E-state index in [1.165, 1.54) is 19.4 Å². The summed E-state index contributed by atoms with van der Waals surface area (Å²) in [5, 5.41) is 2.93. The number of methoxy groups -OCH3 is 1. The summed E-state index contributed by atoms with van der Waals surface area (Å²) in [5.41, 5.74) is -0.0991. The number of amides is 1. The van der Waals surface area contributed by atoms with Gasteiger partial charge in [0.25, 0.3) is 11.5 Å². The van der Waals surface area contributed by atoms with Crippen LogP contribution in [0, 0.1) is 6.92 Å². The highest BCUT2D eigenvalue weighted by molar-refractivity contribution is 6.32. The second-order valence-electron chi connectivity index (χ2n) is 4.01. The van der Waals surface area contributed by atoms with Gasteiger partial charge in [-0.05, 0) is 25.1 Å². The number of aromatic nitrogens is 2. The molecule has 104 valence electrons. The number of carbonyl (C=O) groups excluding carboxylic acids is 1. The molecule has 6 nitrogen and oxygen atoms in total. The summed E-state index contributed by atoms with van der Waals surface area (Å²) >= 11 is 5.95. The molecule has 0 aliphatic rings. The average molecular weight is 294 g/mol. The van der Waals surface area contributed by atoms with Crippen molar-refractivity contribution in [2.45, 2.75) is 6.92 Å². The molecule has 0 aliphatic carbocycles. The molecule has 0 bridgehead atoms. The molecule has 0 aliphatic heterocycles. The molecule has 2 aromatic rings. The predicted octanol–water partition coefficient (Wildman–Crippen LogP) is 1.99. The third kappa shape index (κ3) is 2.97. The Morgan fingerprint density at radius 2 is 2.20 bits per heavy atom. The van der Waals surface area contributed by atoms with Crippen molar-refractivity contribution in [3.63, 3.8) is 0 Å². The number of aromatic amines is 1. The Morgan fingerprint density at radius 3 is 2.80 bits per heavy atom. The van der Waals surface area contributed by atoms with Gasteiger partial charge in [-0.1, -0.05) is 11.6 Å². The first kappa shape index (κ1) is 14.1. The molecule has 2 N–H and O–H groups in total. The molecule has 0 fully saturated rings. The van der Waals surface area contributed by atoms with Crippen LogP contribution in [0.3, 0.4) is 0 Å². The van der Waals surface area contributed by atoms with Crippen LogP contribution < -0.4 is 15.6 Å². The van der Waals surface area contributed by atoms with Crippen LogP contribution >= 0.6 is 11.6 Å². The number of halogens is 1. The van der Waals surface area contributed by atoms with E-state index in [1.807, 2.05) is 0 Å². The summed E-state index contributed by atoms with van der Waals surface area (Å²) in [5.74, 6) is 0.388. The highest BCUT2D eigenvalue weighted by Crippen LogP contribution is 2.27. The summed E-state index contributed by atoms with van der Waals surface area (Å²) in [6, 6.07) is 4.78. The Labute approximate surface area is 119 Å². The van der Waals surface area contributed by atoms with E-state index in [0.717, 1.165) is 0 Å². The number of nitrogens with zero attached hydrogens (tertiary/aromatic N) is 1. The van der Waals surface area contributed by atoms with Crippen molar-refractivity contribution < 1.29 is 9.53 Å². The molecule has 0 saturated carbocycles. The van der Waals surface area contributed by atoms with Gasteiger partial charge in [0.2, 0.25) is 0 Å². The van der Waals surface area contributed by atoms with Gasteiger partial charge in [0, 0.05) is 11.9 Å². The van der Waals surface area contributed by atoms with Gasteiger partial charge in [0.15, 0.2) is 0 Å². The molecule has 0 atom stereocenters. The lowest BCUT2D eigenvalue weighted by molar-refractivity contribution is 0.102. The number of anilines is 1. The van der Waals surface area contributed by atoms with Crippen LogP contribution in [0.25, 0.3) is 0 Å². The monoisotopic (exact) mass is 293 g/mol. The molecule has 0 unspecified atom stereocenters. The van der Waals surface area contributed by atoms with Gasteiger partial charge in [0.05, 0.1) is 12.1 Å². The van der Waals surface area contributed by atoms with E-state index < -0.39 is 11.5 Å². The van der Waals surface area contributed by atoms with Crippen LogP contribution in [0.15, 0.2) is 29.2 Å². The first-order valence-corrected chi connectivity index (χ1v) is 6.10. The highest BCUT2D eigenvalue weighted by atomic mass is 35.5. The van der Waals surface area contributed by atoms with E-state index in [2.05, 4.69) is 15.3 Å². The van der Waals surface area contributed by atoms with Crippen LogP contribution in [-0.4, -0.2) is 23.0 Å². The molecule has 1 amide bonds. The molecule has 1 heterocycles. The Morgan fingerprint density at radius 1 is 1.45 bits per heavy atom. The number of rotatable bonds is 3. The topological polar surface area (TPSA) is 84.1 Å². The molecule has 0 spiro atoms. The first-order chi connectivity index (χ1) is 9.51. The van der Waals surface area contributed by atoms with Crippen LogP contribution in [0.5, 0.6) is 5.75 Å². The lowest BCUT2D eigenvalue weighted by Crippen LogP contribution is -2.24. The van der Waals surface area contributed by atoms with Gasteiger partial charge in [-0.3, -0.25) is 9.59 Å². The van der Waals surface area contributed by atoms with Gasteiger partial charge >= 0.3 is 0 Å². The maximum atomic E-state index is 12.0. The Bertz CT molecular complexity index is 712. The molecule has 0 saturated heterocycles. The number of carbonyl (C=O) groups is 1. The molecule has 2 rings (SSSR count). The predicted molar refractivity (Wildman–Crippen MR) is 75.6 cm³/mol. The normalized spacial score (nSPS) is 10.2. The number of nitrogens with one attached hydrogen (secondary N) is 2. The summed E-state index contributed by atoms with van der Waals surface area (Å²) in [4.78, 5) is 29.9. The molecule has 1 aromatic heterocycles. The second-order valence-corrected chi connectivity index (χ2v) is 4.42. The lowest BCUT2D eigenvalue weighted by Gasteiger charge is -2.07. The Balaban J connectivity index is 2.23. The van der Waals surface area contributed by atoms with Gasteiger partial charge in [-0.25, -0.2) is 4.98 Å². The number of hydrogen-bond acceptors (Lipinski definition) is 4. The number of aryl methyl sites for hydroxylation is 1. The fraction of sp³-hybridized carbons (Fsp3) is 0.154. The van der Waals surface area contributed by atoms with Crippen molar-refractivity contribution >= 4 is 23.2 Å². The SMILES string of the molecule is COc1ccc(NC(=O)c2cnc(C)[nH]c2=O)cc1Cl. The van der Waals surface area contributed by atoms with E-state index in [1.54, 1.807) is 19.1 Å². The van der Waals surface area contributed by atoms with E-state index in [0.29, 0.717) is 22.3 Å². The maximum absolute atomic E-state index is 12.0. The molecule has 0 radical (unpaired) electrons. The minimum absolute atomic E-state index is 0.0671. The lowest BCUT2D eigenvalue weighted by atomic mass is 10.2. The van der Waals surface area contributed by atoms with E-state index in [9.17, 15) is 9.59 Å². The summed E-state index contributed by atoms with van der Waals surface area (Å²) in [7, 11) is 1.50. The van der Waals surface area contributed by atoms with Crippen molar-refractivity contribution in [1.29, 1.82) is 0 Å². The van der Waals surface area contributed by atoms with Gasteiger partial charge < -0.3 is 15.0 Å². The fourth-order valence-corrected chi connectivity index (χ4v) is 1.85. The Kier molecular flexibility index (Phi) is 4.05. The van der Waals surface area contributed by atoms with Gasteiger partial charge in [-0.15, -0.1) is 0 Å². The summed E-state index contributed by atoms with van der Waals surface area (Å²) < 4.78 is 5.01. The highest BCUT2D eigenvalue weighted by Gasteiger charge is 2.12. The van der Waals surface area contributed by atoms with E-state index in [-0.39, 0.29) is 5.56 Å². The summed E-state index contributed by atoms with van der Waals surface area (Å²) in [6.45, 7) is 1.63. The standard InChI is InChI=1S/C13H12ClN3O3/c1-7-15-6-9(12(18)16-7)13(19)17-8-3-4-11(20-2)10(14)5-8/h3-6H,1-2H3,(H,17,19)(H,15,16,18). The largest absolute Gasteiger partial charge is 0.495 e. The molecular weight excluding hydrogens is 282 g/mol. The number of ether oxygens (including phenoxy) is 1. The van der Waals surface area contributed by atoms with Gasteiger partial charge in [-0.2, -0.15) is 0 Å². The van der Waals surface area contributed by atoms with Crippen molar-refractivity contribution in [1.82, 2.24) is 9.97 Å². The number of H-pyrrole nitrogens is 1. The van der Waals surface area contributed by atoms with Crippen molar-refractivity contribution in [2.24, 2.45) is 0 Å². The average Bonchev–Trinajstić information content (AvgIpc) is 2.38. The zero-order valence-electron chi connectivity index (χ0n) is 10.9.